The summed E-state index contributed by atoms with van der Waals surface area (Å²) in [5, 5.41) is 0. The third kappa shape index (κ3) is 1.47. The molecule has 2 unspecified atom stereocenters. The minimum atomic E-state index is -0.525. The van der Waals surface area contributed by atoms with Crippen LogP contribution >= 0.6 is 0 Å². The Hall–Kier alpha value is -1.59. The highest BCUT2D eigenvalue weighted by Crippen LogP contribution is 2.76. The van der Waals surface area contributed by atoms with Crippen molar-refractivity contribution in [3.05, 3.63) is 23.3 Å². The van der Waals surface area contributed by atoms with E-state index in [1.165, 1.54) is 11.1 Å². The van der Waals surface area contributed by atoms with Gasteiger partial charge in [0, 0.05) is 35.5 Å². The van der Waals surface area contributed by atoms with E-state index in [4.69, 9.17) is 14.2 Å². The Morgan fingerprint density at radius 1 is 1.26 bits per heavy atom. The SMILES string of the molecule is COc1ccc2c3c1O[C@H]1C4(OC)CCC5(C[C@@H]4C=O)[C@@H](C2)N(C)CC[C@]315. The van der Waals surface area contributed by atoms with E-state index in [9.17, 15) is 4.79 Å². The van der Waals surface area contributed by atoms with Crippen LogP contribution in [-0.2, 0) is 21.4 Å². The molecule has 144 valence electrons. The lowest BCUT2D eigenvalue weighted by Crippen LogP contribution is -2.80. The summed E-state index contributed by atoms with van der Waals surface area (Å²) in [6, 6.07) is 4.75. The standard InChI is InChI=1S/C22H27NO4/c1-23-9-8-21-17-13-4-5-15(25-2)18(17)27-19(21)22(26-3)7-6-20(21,16(23)10-13)11-14(22)12-24/h4-5,12,14,16,19H,6-11H2,1-3H3/t14-,16-,19-,20?,21+,22?/m1/s1. The van der Waals surface area contributed by atoms with Crippen LogP contribution in [0.1, 0.15) is 36.8 Å². The van der Waals surface area contributed by atoms with E-state index >= 15 is 0 Å². The molecule has 1 aromatic rings. The van der Waals surface area contributed by atoms with Crippen molar-refractivity contribution in [1.29, 1.82) is 0 Å². The molecule has 2 aliphatic heterocycles. The molecule has 0 N–H and O–H groups in total. The number of aldehydes is 1. The molecule has 4 aliphatic carbocycles. The Bertz CT molecular complexity index is 855. The van der Waals surface area contributed by atoms with Crippen LogP contribution in [0.4, 0.5) is 0 Å². The second-order valence-electron chi connectivity index (χ2n) is 9.31. The third-order valence-corrected chi connectivity index (χ3v) is 9.05. The highest BCUT2D eigenvalue weighted by atomic mass is 16.6. The van der Waals surface area contributed by atoms with E-state index in [2.05, 4.69) is 24.1 Å². The van der Waals surface area contributed by atoms with Crippen LogP contribution in [0.3, 0.4) is 0 Å². The molecule has 27 heavy (non-hydrogen) atoms. The Morgan fingerprint density at radius 3 is 2.85 bits per heavy atom. The largest absolute Gasteiger partial charge is 0.493 e. The van der Waals surface area contributed by atoms with Crippen molar-refractivity contribution < 1.29 is 19.0 Å². The number of methoxy groups -OCH3 is 2. The molecule has 1 saturated heterocycles. The Labute approximate surface area is 160 Å². The van der Waals surface area contributed by atoms with Gasteiger partial charge in [0.2, 0.25) is 0 Å². The van der Waals surface area contributed by atoms with Crippen LogP contribution in [0.25, 0.3) is 0 Å². The summed E-state index contributed by atoms with van der Waals surface area (Å²) in [5.74, 6) is 1.63. The Balaban J connectivity index is 1.70. The number of nitrogens with zero attached hydrogens (tertiary/aromatic N) is 1. The summed E-state index contributed by atoms with van der Waals surface area (Å²) in [6.07, 6.45) is 6.06. The molecule has 0 amide bonds. The number of piperidine rings is 1. The second kappa shape index (κ2) is 4.87. The maximum absolute atomic E-state index is 12.2. The predicted molar refractivity (Wildman–Crippen MR) is 99.4 cm³/mol. The molecule has 3 saturated carbocycles. The lowest BCUT2D eigenvalue weighted by atomic mass is 9.35. The fourth-order valence-corrected chi connectivity index (χ4v) is 8.04. The number of rotatable bonds is 3. The average Bonchev–Trinajstić information content (AvgIpc) is 3.07. The van der Waals surface area contributed by atoms with Crippen molar-refractivity contribution in [1.82, 2.24) is 4.90 Å². The highest BCUT2D eigenvalue weighted by Gasteiger charge is 2.80. The molecule has 6 aliphatic rings. The first-order chi connectivity index (χ1) is 13.1. The zero-order valence-corrected chi connectivity index (χ0v) is 16.3. The van der Waals surface area contributed by atoms with Gasteiger partial charge in [0.15, 0.2) is 11.5 Å². The number of hydrogen-bond donors (Lipinski definition) is 0. The molecule has 6 atom stereocenters. The van der Waals surface area contributed by atoms with E-state index in [0.717, 1.165) is 56.4 Å². The van der Waals surface area contributed by atoms with E-state index in [0.29, 0.717) is 6.04 Å². The van der Waals surface area contributed by atoms with Gasteiger partial charge < -0.3 is 23.9 Å². The molecule has 4 bridgehead atoms. The second-order valence-corrected chi connectivity index (χ2v) is 9.31. The van der Waals surface area contributed by atoms with Gasteiger partial charge in [0.05, 0.1) is 7.11 Å². The van der Waals surface area contributed by atoms with Crippen molar-refractivity contribution in [2.24, 2.45) is 11.3 Å². The van der Waals surface area contributed by atoms with Gasteiger partial charge in [-0.05, 0) is 57.3 Å². The summed E-state index contributed by atoms with van der Waals surface area (Å²) in [6.45, 7) is 1.06. The maximum Gasteiger partial charge on any atom is 0.165 e. The monoisotopic (exact) mass is 369 g/mol. The normalized spacial score (nSPS) is 46.0. The lowest BCUT2D eigenvalue weighted by molar-refractivity contribution is -0.268. The maximum atomic E-state index is 12.2. The van der Waals surface area contributed by atoms with Gasteiger partial charge in [-0.2, -0.15) is 0 Å². The number of hydrogen-bond acceptors (Lipinski definition) is 5. The number of likely N-dealkylation sites (tertiary alicyclic amines) is 1. The molecule has 0 radical (unpaired) electrons. The van der Waals surface area contributed by atoms with Crippen LogP contribution in [0.2, 0.25) is 0 Å². The fourth-order valence-electron chi connectivity index (χ4n) is 8.04. The predicted octanol–water partition coefficient (Wildman–Crippen LogP) is 2.34. The zero-order valence-electron chi connectivity index (χ0n) is 16.3. The molecule has 5 nitrogen and oxygen atoms in total. The number of carbonyl (C=O) groups is 1. The van der Waals surface area contributed by atoms with Gasteiger partial charge in [-0.3, -0.25) is 0 Å². The van der Waals surface area contributed by atoms with E-state index in [1.807, 2.05) is 0 Å². The molecule has 1 aromatic carbocycles. The number of likely N-dealkylation sites (N-methyl/N-ethyl adjacent to an activating group) is 1. The Morgan fingerprint density at radius 2 is 2.11 bits per heavy atom. The molecular weight excluding hydrogens is 342 g/mol. The van der Waals surface area contributed by atoms with Crippen molar-refractivity contribution >= 4 is 6.29 Å². The number of fused-ring (bicyclic) bond motifs is 2. The first-order valence-corrected chi connectivity index (χ1v) is 10.2. The first kappa shape index (κ1) is 16.4. The van der Waals surface area contributed by atoms with Crippen LogP contribution < -0.4 is 9.47 Å². The van der Waals surface area contributed by atoms with E-state index < -0.39 is 5.60 Å². The topological polar surface area (TPSA) is 48.0 Å². The van der Waals surface area contributed by atoms with Gasteiger partial charge in [-0.1, -0.05) is 6.07 Å². The van der Waals surface area contributed by atoms with Crippen LogP contribution in [-0.4, -0.2) is 56.7 Å². The number of ether oxygens (including phenoxy) is 3. The molecule has 7 rings (SSSR count). The summed E-state index contributed by atoms with van der Waals surface area (Å²) in [5.41, 5.74) is 2.28. The van der Waals surface area contributed by atoms with Gasteiger partial charge in [-0.15, -0.1) is 0 Å². The molecule has 0 aromatic heterocycles. The lowest BCUT2D eigenvalue weighted by Gasteiger charge is -2.73. The quantitative estimate of drug-likeness (QED) is 0.766. The van der Waals surface area contributed by atoms with Crippen molar-refractivity contribution in [3.63, 3.8) is 0 Å². The van der Waals surface area contributed by atoms with Crippen molar-refractivity contribution in [3.8, 4) is 11.5 Å². The van der Waals surface area contributed by atoms with Crippen molar-refractivity contribution in [2.75, 3.05) is 27.8 Å². The van der Waals surface area contributed by atoms with Crippen LogP contribution in [0, 0.1) is 11.3 Å². The first-order valence-electron chi connectivity index (χ1n) is 10.2. The van der Waals surface area contributed by atoms with Crippen LogP contribution in [0.15, 0.2) is 12.1 Å². The van der Waals surface area contributed by atoms with Crippen molar-refractivity contribution in [2.45, 2.75) is 55.3 Å². The van der Waals surface area contributed by atoms with E-state index in [-0.39, 0.29) is 22.9 Å². The average molecular weight is 369 g/mol. The number of benzene rings is 1. The minimum absolute atomic E-state index is 0.0601. The minimum Gasteiger partial charge on any atom is -0.493 e. The summed E-state index contributed by atoms with van der Waals surface area (Å²) >= 11 is 0. The summed E-state index contributed by atoms with van der Waals surface area (Å²) in [4.78, 5) is 14.7. The summed E-state index contributed by atoms with van der Waals surface area (Å²) < 4.78 is 18.7. The van der Waals surface area contributed by atoms with E-state index in [1.54, 1.807) is 14.2 Å². The molecule has 4 fully saturated rings. The smallest absolute Gasteiger partial charge is 0.165 e. The number of carbonyl (C=O) groups excluding carboxylic acids is 1. The van der Waals surface area contributed by atoms with Crippen LogP contribution in [0.5, 0.6) is 11.5 Å². The van der Waals surface area contributed by atoms with Gasteiger partial charge >= 0.3 is 0 Å². The summed E-state index contributed by atoms with van der Waals surface area (Å²) in [7, 11) is 5.74. The fraction of sp³-hybridized carbons (Fsp3) is 0.682. The molecule has 2 heterocycles. The molecule has 5 heteroatoms. The molecular formula is C22H27NO4. The van der Waals surface area contributed by atoms with Gasteiger partial charge in [0.25, 0.3) is 0 Å². The van der Waals surface area contributed by atoms with Gasteiger partial charge in [0.1, 0.15) is 18.0 Å². The highest BCUT2D eigenvalue weighted by molar-refractivity contribution is 5.67. The third-order valence-electron chi connectivity index (χ3n) is 9.05. The van der Waals surface area contributed by atoms with Gasteiger partial charge in [-0.25, -0.2) is 0 Å². The Kier molecular flexibility index (Phi) is 2.95. The molecule has 2 spiro atoms. The zero-order chi connectivity index (χ0) is 18.6.